The van der Waals surface area contributed by atoms with E-state index >= 15 is 0 Å². The van der Waals surface area contributed by atoms with Crippen LogP contribution >= 0.6 is 0 Å². The van der Waals surface area contributed by atoms with Crippen LogP contribution in [0.4, 0.5) is 17.6 Å². The third-order valence-electron chi connectivity index (χ3n) is 14.2. The topological polar surface area (TPSA) is 266 Å². The van der Waals surface area contributed by atoms with E-state index in [-0.39, 0.29) is 154 Å². The molecule has 0 aliphatic rings. The average molecular weight is 1490 g/mol. The molecule has 12 rings (SSSR count). The quantitative estimate of drug-likeness (QED) is 0.0186. The van der Waals surface area contributed by atoms with E-state index in [1.807, 2.05) is 43.3 Å². The first kappa shape index (κ1) is 83.3. The number of aromatic hydroxyl groups is 4. The van der Waals surface area contributed by atoms with Gasteiger partial charge in [-0.2, -0.15) is 0 Å². The van der Waals surface area contributed by atoms with Gasteiger partial charge in [0.05, 0.1) is 12.0 Å². The van der Waals surface area contributed by atoms with E-state index < -0.39 is 59.0 Å². The summed E-state index contributed by atoms with van der Waals surface area (Å²) in [5.74, 6) is 4.66. The zero-order valence-corrected chi connectivity index (χ0v) is 63.5. The molecular weight excluding hydrogens is 1440 g/mol. The monoisotopic (exact) mass is 1490 g/mol. The van der Waals surface area contributed by atoms with E-state index in [9.17, 15) is 53.1 Å². The normalized spacial score (nSPS) is 10.3. The van der Waals surface area contributed by atoms with Crippen LogP contribution in [0.15, 0.2) is 277 Å². The molecule has 0 aromatic heterocycles. The molecule has 12 aromatic carbocycles. The van der Waals surface area contributed by atoms with Crippen LogP contribution in [0.5, 0.6) is 63.2 Å². The Morgan fingerprint density at radius 2 is 0.760 bits per heavy atom. The summed E-state index contributed by atoms with van der Waals surface area (Å²) in [5.41, 5.74) is 6.46. The Hall–Kier alpha value is -9.69. The molecule has 0 aliphatic heterocycles. The molecule has 12 aromatic rings. The van der Waals surface area contributed by atoms with Crippen molar-refractivity contribution in [1.82, 2.24) is 0 Å². The maximum atomic E-state index is 13.4. The Labute approximate surface area is 682 Å². The molecule has 0 unspecified atom stereocenters. The molecule has 4 N–H and O–H groups in total. The van der Waals surface area contributed by atoms with Crippen molar-refractivity contribution in [1.29, 1.82) is 0 Å². The summed E-state index contributed by atoms with van der Waals surface area (Å²) in [4.78, 5) is 23.6. The largest absolute Gasteiger partial charge is 1.00 e. The van der Waals surface area contributed by atoms with Crippen LogP contribution in [0.1, 0.15) is 48.5 Å². The van der Waals surface area contributed by atoms with Crippen LogP contribution in [-0.4, -0.2) is 65.0 Å². The second-order valence-corrected chi connectivity index (χ2v) is 24.2. The Kier molecular flexibility index (Phi) is 31.4. The summed E-state index contributed by atoms with van der Waals surface area (Å²) < 4.78 is 143. The molecule has 104 heavy (non-hydrogen) atoms. The first-order valence-electron chi connectivity index (χ1n) is 29.9. The van der Waals surface area contributed by atoms with Crippen LogP contribution in [0.25, 0.3) is 22.3 Å². The van der Waals surface area contributed by atoms with Gasteiger partial charge in [-0.3, -0.25) is 9.59 Å². The maximum absolute atomic E-state index is 13.4. The third-order valence-corrected chi connectivity index (χ3v) is 16.0. The Bertz CT molecular complexity index is 5170. The number of phenolic OH excluding ortho intramolecular Hbond substituents is 4. The number of phenols is 4. The summed E-state index contributed by atoms with van der Waals surface area (Å²) in [7, 11) is -8.10. The number of benzene rings is 12. The number of ketones is 2. The van der Waals surface area contributed by atoms with Gasteiger partial charge in [0.2, 0.25) is 0 Å². The van der Waals surface area contributed by atoms with Crippen molar-refractivity contribution < 1.29 is 195 Å². The predicted molar refractivity (Wildman–Crippen MR) is 372 cm³/mol. The summed E-state index contributed by atoms with van der Waals surface area (Å²) >= 11 is 0. The molecule has 0 saturated heterocycles. The van der Waals surface area contributed by atoms with E-state index in [1.165, 1.54) is 103 Å². The number of hydrogen-bond donors (Lipinski definition) is 4. The SMILES string of the molecule is C#Cc1ccc(-c2cc(C)ccc2Oc2ccc(Oc3ccc(C(=O)c4ccc(Oc5ccc(OC)cc5)cc4)cc3)c(S(=O)(=O)[O-])c2)cc1.C#Cc1ccc(-c2cc(F)ccc2F)cc1.O=C(c1ccc(F)cc1)c1ccc(F)cc1.O=S(=O)([O-])c1cc(O)ccc1O.Oc1ccc(O)cc1.[K+].[K+]. The number of methoxy groups -OCH3 is 1. The van der Waals surface area contributed by atoms with E-state index in [1.54, 1.807) is 98.1 Å². The van der Waals surface area contributed by atoms with E-state index in [4.69, 9.17) is 52.2 Å². The number of carbonyl (C=O) groups is 2. The van der Waals surface area contributed by atoms with Crippen molar-refractivity contribution >= 4 is 31.8 Å². The molecule has 16 nitrogen and oxygen atoms in total. The van der Waals surface area contributed by atoms with Crippen molar-refractivity contribution in [3.05, 3.63) is 329 Å². The van der Waals surface area contributed by atoms with Crippen molar-refractivity contribution in [3.63, 3.8) is 0 Å². The molecular formula is C80H56F4K2O16S2. The van der Waals surface area contributed by atoms with Crippen molar-refractivity contribution in [2.45, 2.75) is 16.7 Å². The van der Waals surface area contributed by atoms with Gasteiger partial charge in [-0.1, -0.05) is 47.7 Å². The fraction of sp³-hybridized carbons (Fsp3) is 0.0250. The van der Waals surface area contributed by atoms with Crippen LogP contribution in [0.2, 0.25) is 0 Å². The minimum atomic E-state index is -4.97. The number of terminal acetylenes is 2. The number of aryl methyl sites for hydroxylation is 1. The minimum absolute atomic E-state index is 0. The van der Waals surface area contributed by atoms with Gasteiger partial charge >= 0.3 is 103 Å². The van der Waals surface area contributed by atoms with Gasteiger partial charge in [-0.15, -0.1) is 12.8 Å². The van der Waals surface area contributed by atoms with Crippen molar-refractivity contribution in [2.75, 3.05) is 7.11 Å². The molecule has 0 radical (unpaired) electrons. The van der Waals surface area contributed by atoms with Gasteiger partial charge in [0.15, 0.2) is 11.6 Å². The summed E-state index contributed by atoms with van der Waals surface area (Å²) in [5, 5.41) is 35.0. The predicted octanol–water partition coefficient (Wildman–Crippen LogP) is 11.1. The Balaban J connectivity index is 0.000000252. The average Bonchev–Trinajstić information content (AvgIpc) is 0.800. The number of hydrogen-bond acceptors (Lipinski definition) is 16. The first-order valence-corrected chi connectivity index (χ1v) is 32.7. The number of carbonyl (C=O) groups excluding carboxylic acids is 2. The van der Waals surface area contributed by atoms with Gasteiger partial charge in [0.25, 0.3) is 0 Å². The maximum Gasteiger partial charge on any atom is 1.00 e. The second kappa shape index (κ2) is 39.3. The Morgan fingerprint density at radius 3 is 1.19 bits per heavy atom. The van der Waals surface area contributed by atoms with Crippen molar-refractivity contribution in [3.8, 4) is 110 Å². The summed E-state index contributed by atoms with van der Waals surface area (Å²) in [6.07, 6.45) is 10.7. The standard InChI is InChI=1S/C41H30O8S.C14H8F2.C13H8F2O.C6H6O5S.C6H6O2.2K/c1-4-28-6-8-29(9-7-28)37-25-27(2)5-23-38(37)49-36-22-24-39(40(26-36)50(43,44)45)48-35-16-12-31(13-17-35)41(42)30-10-14-33(15-11-30)47-34-20-18-32(46-3)19-21-34;1-2-10-3-5-11(6-4-10)13-9-12(15)7-8-14(13)16;14-11-5-1-9(2-6-11)13(16)10-3-7-12(15)8-4-10;7-4-1-2-5(8)6(3-4)12(9,10)11;7-5-1-2-6(8)4-3-5;;/h1,5-26H,2-3H3,(H,43,44,45);1,3-9H;1-8H;1-3,7-8H,(H,9,10,11);1-4,7-8H;;/q;;;;;2*+1/p-2. The zero-order valence-electron chi connectivity index (χ0n) is 55.6. The molecule has 24 heteroatoms. The van der Waals surface area contributed by atoms with Gasteiger partial charge in [-0.05, 0) is 243 Å². The van der Waals surface area contributed by atoms with E-state index in [0.717, 1.165) is 52.6 Å². The van der Waals surface area contributed by atoms with Crippen LogP contribution in [-0.2, 0) is 20.2 Å². The van der Waals surface area contributed by atoms with Crippen LogP contribution < -0.4 is 122 Å². The Morgan fingerprint density at radius 1 is 0.385 bits per heavy atom. The third kappa shape index (κ3) is 24.8. The van der Waals surface area contributed by atoms with Gasteiger partial charge in [-0.25, -0.2) is 34.4 Å². The fourth-order valence-electron chi connectivity index (χ4n) is 9.07. The molecule has 0 atom stereocenters. The van der Waals surface area contributed by atoms with E-state index in [0.29, 0.717) is 62.4 Å². The second-order valence-electron chi connectivity index (χ2n) is 21.5. The molecule has 0 bridgehead atoms. The van der Waals surface area contributed by atoms with Gasteiger partial charge in [0, 0.05) is 56.6 Å². The number of ether oxygens (including phenoxy) is 4. The summed E-state index contributed by atoms with van der Waals surface area (Å²) in [6, 6.07) is 65.9. The minimum Gasteiger partial charge on any atom is -0.744 e. The molecule has 0 fully saturated rings. The van der Waals surface area contributed by atoms with Gasteiger partial charge in [0.1, 0.15) is 112 Å². The first-order chi connectivity index (χ1) is 48.7. The molecule has 0 spiro atoms. The molecule has 0 saturated carbocycles. The number of rotatable bonds is 15. The molecule has 0 aliphatic carbocycles. The summed E-state index contributed by atoms with van der Waals surface area (Å²) in [6.45, 7) is 1.94. The molecule has 514 valence electrons. The molecule has 0 amide bonds. The van der Waals surface area contributed by atoms with Crippen LogP contribution in [0, 0.1) is 54.9 Å². The van der Waals surface area contributed by atoms with Crippen molar-refractivity contribution in [2.24, 2.45) is 0 Å². The fourth-order valence-corrected chi connectivity index (χ4v) is 10.3. The van der Waals surface area contributed by atoms with E-state index in [2.05, 4.69) is 11.8 Å². The smallest absolute Gasteiger partial charge is 0.744 e. The number of halogens is 4. The zero-order chi connectivity index (χ0) is 73.7. The van der Waals surface area contributed by atoms with Crippen LogP contribution in [0.3, 0.4) is 0 Å². The molecule has 0 heterocycles. The van der Waals surface area contributed by atoms with Gasteiger partial charge < -0.3 is 48.5 Å².